The summed E-state index contributed by atoms with van der Waals surface area (Å²) < 4.78 is 27.8. The molecule has 0 aliphatic heterocycles. The maximum Gasteiger partial charge on any atom is 0.354 e. The van der Waals surface area contributed by atoms with Crippen molar-refractivity contribution < 1.29 is 23.1 Å². The Hall–Kier alpha value is -1.16. The third kappa shape index (κ3) is 5.56. The van der Waals surface area contributed by atoms with E-state index in [9.17, 15) is 9.36 Å². The predicted molar refractivity (Wildman–Crippen MR) is 86.6 cm³/mol. The smallest absolute Gasteiger partial charge is 0.354 e. The Morgan fingerprint density at radius 2 is 1.82 bits per heavy atom. The van der Waals surface area contributed by atoms with Crippen molar-refractivity contribution in [2.75, 3.05) is 19.8 Å². The number of carbonyl (C=O) groups is 1. The van der Waals surface area contributed by atoms with Crippen LogP contribution >= 0.6 is 7.60 Å². The molecule has 6 heteroatoms. The van der Waals surface area contributed by atoms with Crippen molar-refractivity contribution in [2.24, 2.45) is 0 Å². The number of allylic oxidation sites excluding steroid dienone is 4. The van der Waals surface area contributed by atoms with Crippen molar-refractivity contribution >= 4 is 13.6 Å². The first kappa shape index (κ1) is 18.9. The van der Waals surface area contributed by atoms with Gasteiger partial charge in [-0.3, -0.25) is 4.57 Å². The van der Waals surface area contributed by atoms with E-state index < -0.39 is 7.60 Å². The third-order valence-electron chi connectivity index (χ3n) is 3.15. The second-order valence-electron chi connectivity index (χ2n) is 4.79. The summed E-state index contributed by atoms with van der Waals surface area (Å²) >= 11 is 0. The summed E-state index contributed by atoms with van der Waals surface area (Å²) in [6.45, 7) is 8.25. The molecule has 5 nitrogen and oxygen atoms in total. The number of rotatable bonds is 8. The van der Waals surface area contributed by atoms with E-state index in [0.29, 0.717) is 38.2 Å². The van der Waals surface area contributed by atoms with Crippen LogP contribution in [-0.4, -0.2) is 25.8 Å². The minimum atomic E-state index is -3.18. The van der Waals surface area contributed by atoms with Crippen LogP contribution in [0.4, 0.5) is 0 Å². The Bertz CT molecular complexity index is 521. The molecule has 0 N–H and O–H groups in total. The third-order valence-corrected chi connectivity index (χ3v) is 4.90. The summed E-state index contributed by atoms with van der Waals surface area (Å²) in [5.41, 5.74) is 2.58. The zero-order valence-corrected chi connectivity index (χ0v) is 14.7. The lowest BCUT2D eigenvalue weighted by Crippen LogP contribution is -2.11. The van der Waals surface area contributed by atoms with Gasteiger partial charge in [0, 0.05) is 11.4 Å². The molecule has 0 atom stereocenters. The van der Waals surface area contributed by atoms with Crippen LogP contribution in [0.15, 0.2) is 34.7 Å². The Labute approximate surface area is 132 Å². The molecule has 0 unspecified atom stereocenters. The molecular weight excluding hydrogens is 303 g/mol. The lowest BCUT2D eigenvalue weighted by molar-refractivity contribution is -0.138. The van der Waals surface area contributed by atoms with Crippen molar-refractivity contribution in [2.45, 2.75) is 40.5 Å². The fraction of sp³-hybridized carbons (Fsp3) is 0.562. The molecule has 0 aromatic rings. The van der Waals surface area contributed by atoms with Crippen molar-refractivity contribution in [3.05, 3.63) is 34.7 Å². The summed E-state index contributed by atoms with van der Waals surface area (Å²) in [6.07, 6.45) is 4.99. The average molecular weight is 328 g/mol. The first-order valence-corrected chi connectivity index (χ1v) is 9.22. The Kier molecular flexibility index (Phi) is 7.80. The summed E-state index contributed by atoms with van der Waals surface area (Å²) in [4.78, 5) is 11.8. The number of ether oxygens (including phenoxy) is 1. The summed E-state index contributed by atoms with van der Waals surface area (Å²) in [6, 6.07) is 0. The molecule has 1 rings (SSSR count). The van der Waals surface area contributed by atoms with Crippen LogP contribution in [-0.2, 0) is 23.1 Å². The number of hydrogen-bond acceptors (Lipinski definition) is 5. The number of carbonyl (C=O) groups excluding carboxylic acids is 1. The molecule has 0 radical (unpaired) electrons. The summed E-state index contributed by atoms with van der Waals surface area (Å²) in [5.74, 6) is 1.24. The second kappa shape index (κ2) is 9.09. The molecule has 0 fully saturated rings. The molecular formula is C16H25O5P. The van der Waals surface area contributed by atoms with Crippen LogP contribution in [0, 0.1) is 0 Å². The Morgan fingerprint density at radius 1 is 1.18 bits per heavy atom. The summed E-state index contributed by atoms with van der Waals surface area (Å²) in [7, 11) is -3.18. The van der Waals surface area contributed by atoms with Gasteiger partial charge in [0.1, 0.15) is 0 Å². The van der Waals surface area contributed by atoms with E-state index >= 15 is 0 Å². The molecule has 0 amide bonds. The average Bonchev–Trinajstić information content (AvgIpc) is 2.46. The van der Waals surface area contributed by atoms with Crippen molar-refractivity contribution in [3.8, 4) is 0 Å². The fourth-order valence-electron chi connectivity index (χ4n) is 2.19. The molecule has 0 bridgehead atoms. The highest BCUT2D eigenvalue weighted by Crippen LogP contribution is 2.50. The van der Waals surface area contributed by atoms with Gasteiger partial charge in [-0.25, -0.2) is 4.79 Å². The zero-order valence-electron chi connectivity index (χ0n) is 13.8. The first-order chi connectivity index (χ1) is 10.5. The fourth-order valence-corrected chi connectivity index (χ4v) is 3.53. The lowest BCUT2D eigenvalue weighted by Gasteiger charge is -2.16. The molecule has 1 aliphatic rings. The van der Waals surface area contributed by atoms with Crippen LogP contribution in [0.5, 0.6) is 0 Å². The highest BCUT2D eigenvalue weighted by molar-refractivity contribution is 7.57. The first-order valence-electron chi connectivity index (χ1n) is 7.61. The van der Waals surface area contributed by atoms with Gasteiger partial charge in [0.05, 0.1) is 19.8 Å². The van der Waals surface area contributed by atoms with Gasteiger partial charge in [-0.15, -0.1) is 0 Å². The zero-order chi connectivity index (χ0) is 16.6. The topological polar surface area (TPSA) is 61.8 Å². The molecule has 0 spiro atoms. The van der Waals surface area contributed by atoms with Crippen LogP contribution in [0.3, 0.4) is 0 Å². The van der Waals surface area contributed by atoms with Gasteiger partial charge in [0.25, 0.3) is 0 Å². The molecule has 1 aliphatic carbocycles. The van der Waals surface area contributed by atoms with Gasteiger partial charge >= 0.3 is 13.6 Å². The summed E-state index contributed by atoms with van der Waals surface area (Å²) in [5, 5.41) is 0. The van der Waals surface area contributed by atoms with E-state index in [1.54, 1.807) is 26.8 Å². The largest absolute Gasteiger partial charge is 0.463 e. The van der Waals surface area contributed by atoms with Gasteiger partial charge in [-0.2, -0.15) is 0 Å². The van der Waals surface area contributed by atoms with Gasteiger partial charge in [-0.1, -0.05) is 12.2 Å². The highest BCUT2D eigenvalue weighted by Gasteiger charge is 2.21. The van der Waals surface area contributed by atoms with Gasteiger partial charge in [0.15, 0.2) is 0 Å². The normalized spacial score (nSPS) is 16.1. The molecule has 0 aromatic carbocycles. The van der Waals surface area contributed by atoms with Crippen LogP contribution in [0.1, 0.15) is 40.5 Å². The second-order valence-corrected chi connectivity index (χ2v) is 6.69. The van der Waals surface area contributed by atoms with E-state index in [1.165, 1.54) is 5.82 Å². The molecule has 0 saturated carbocycles. The van der Waals surface area contributed by atoms with E-state index in [4.69, 9.17) is 13.8 Å². The van der Waals surface area contributed by atoms with Crippen molar-refractivity contribution in [3.63, 3.8) is 0 Å². The van der Waals surface area contributed by atoms with E-state index in [-0.39, 0.29) is 5.97 Å². The van der Waals surface area contributed by atoms with Crippen molar-refractivity contribution in [1.82, 2.24) is 0 Å². The van der Waals surface area contributed by atoms with Gasteiger partial charge in [0.2, 0.25) is 0 Å². The highest BCUT2D eigenvalue weighted by atomic mass is 31.2. The van der Waals surface area contributed by atoms with Gasteiger partial charge in [-0.05, 0) is 51.7 Å². The standard InChI is InChI=1S/C16H25O5P/c1-5-19-16(17)15-9-8-14(12-13(15)4)10-11-22(18,20-6-2)21-7-3/h10-12H,5-9H2,1-4H3/b11-10+. The predicted octanol–water partition coefficient (Wildman–Crippen LogP) is 4.37. The lowest BCUT2D eigenvalue weighted by atomic mass is 9.93. The number of esters is 1. The van der Waals surface area contributed by atoms with Crippen LogP contribution < -0.4 is 0 Å². The van der Waals surface area contributed by atoms with Gasteiger partial charge < -0.3 is 13.8 Å². The van der Waals surface area contributed by atoms with Crippen molar-refractivity contribution in [1.29, 1.82) is 0 Å². The quantitative estimate of drug-likeness (QED) is 0.489. The van der Waals surface area contributed by atoms with Crippen LogP contribution in [0.2, 0.25) is 0 Å². The minimum absolute atomic E-state index is 0.256. The Balaban J connectivity index is 2.87. The SMILES string of the molecule is CCOC(=O)C1=C(C)C=C(/C=C/P(=O)(OCC)OCC)CC1. The van der Waals surface area contributed by atoms with Crippen LogP contribution in [0.25, 0.3) is 0 Å². The molecule has 124 valence electrons. The maximum atomic E-state index is 12.4. The molecule has 0 heterocycles. The molecule has 0 aromatic heterocycles. The van der Waals surface area contributed by atoms with E-state index in [1.807, 2.05) is 13.0 Å². The maximum absolute atomic E-state index is 12.4. The monoisotopic (exact) mass is 328 g/mol. The molecule has 22 heavy (non-hydrogen) atoms. The van der Waals surface area contributed by atoms with E-state index in [0.717, 1.165) is 11.1 Å². The number of hydrogen-bond donors (Lipinski definition) is 0. The Morgan fingerprint density at radius 3 is 2.32 bits per heavy atom. The molecule has 0 saturated heterocycles. The minimum Gasteiger partial charge on any atom is -0.463 e. The van der Waals surface area contributed by atoms with E-state index in [2.05, 4.69) is 0 Å².